The highest BCUT2D eigenvalue weighted by atomic mass is 16.3. The quantitative estimate of drug-likeness (QED) is 0.263. The van der Waals surface area contributed by atoms with Crippen molar-refractivity contribution in [3.63, 3.8) is 0 Å². The molecule has 3 heteroatoms. The van der Waals surface area contributed by atoms with E-state index < -0.39 is 0 Å². The van der Waals surface area contributed by atoms with Gasteiger partial charge in [0.25, 0.3) is 0 Å². The minimum atomic E-state index is 0.707. The molecule has 0 bridgehead atoms. The lowest BCUT2D eigenvalue weighted by Gasteiger charge is -2.10. The Morgan fingerprint density at radius 3 is 2.06 bits per heavy atom. The van der Waals surface area contributed by atoms with E-state index in [2.05, 4.69) is 91.0 Å². The van der Waals surface area contributed by atoms with Crippen LogP contribution in [0.4, 0.5) is 0 Å². The van der Waals surface area contributed by atoms with Gasteiger partial charge in [-0.15, -0.1) is 0 Å². The summed E-state index contributed by atoms with van der Waals surface area (Å²) in [6, 6.07) is 40.2. The van der Waals surface area contributed by atoms with Crippen LogP contribution in [-0.4, -0.2) is 9.97 Å². The van der Waals surface area contributed by atoms with Gasteiger partial charge in [-0.1, -0.05) is 91.0 Å². The summed E-state index contributed by atoms with van der Waals surface area (Å²) in [4.78, 5) is 9.72. The molecule has 0 unspecified atom stereocenters. The standard InChI is InChI=1S/C33H22N2O/c1-21-32-31(29-16-4-5-18-30(29)36-32)35-33(34-21)26-14-7-12-24(20-26)23-11-6-13-25(19-23)28-17-8-10-22-9-2-3-15-27(22)28/h2-20H,1H3. The molecule has 0 saturated heterocycles. The second kappa shape index (κ2) is 8.17. The van der Waals surface area contributed by atoms with Gasteiger partial charge in [0.15, 0.2) is 11.4 Å². The Bertz CT molecular complexity index is 1910. The molecular weight excluding hydrogens is 440 g/mol. The van der Waals surface area contributed by atoms with E-state index in [1.165, 1.54) is 21.9 Å². The molecule has 0 spiro atoms. The van der Waals surface area contributed by atoms with Crippen LogP contribution in [0.15, 0.2) is 120 Å². The van der Waals surface area contributed by atoms with Crippen molar-refractivity contribution >= 4 is 32.8 Å². The molecule has 0 fully saturated rings. The van der Waals surface area contributed by atoms with E-state index in [-0.39, 0.29) is 0 Å². The van der Waals surface area contributed by atoms with Crippen LogP contribution in [-0.2, 0) is 0 Å². The Hall–Kier alpha value is -4.76. The second-order valence-corrected chi connectivity index (χ2v) is 9.10. The minimum Gasteiger partial charge on any atom is -0.452 e. The topological polar surface area (TPSA) is 38.9 Å². The van der Waals surface area contributed by atoms with E-state index in [0.29, 0.717) is 5.82 Å². The zero-order valence-electron chi connectivity index (χ0n) is 19.8. The van der Waals surface area contributed by atoms with Crippen molar-refractivity contribution in [2.75, 3.05) is 0 Å². The van der Waals surface area contributed by atoms with Gasteiger partial charge in [0.05, 0.1) is 5.69 Å². The van der Waals surface area contributed by atoms with E-state index in [4.69, 9.17) is 14.4 Å². The molecule has 0 aliphatic heterocycles. The van der Waals surface area contributed by atoms with Crippen LogP contribution in [0.25, 0.3) is 66.5 Å². The van der Waals surface area contributed by atoms with Gasteiger partial charge in [-0.25, -0.2) is 9.97 Å². The molecule has 3 nitrogen and oxygen atoms in total. The normalized spacial score (nSPS) is 11.5. The Morgan fingerprint density at radius 2 is 1.19 bits per heavy atom. The van der Waals surface area contributed by atoms with Crippen molar-refractivity contribution in [1.82, 2.24) is 9.97 Å². The van der Waals surface area contributed by atoms with Crippen molar-refractivity contribution in [3.8, 4) is 33.6 Å². The third kappa shape index (κ3) is 3.37. The van der Waals surface area contributed by atoms with Crippen LogP contribution >= 0.6 is 0 Å². The number of para-hydroxylation sites is 1. The highest BCUT2D eigenvalue weighted by Crippen LogP contribution is 2.34. The molecule has 2 aromatic heterocycles. The van der Waals surface area contributed by atoms with Crippen LogP contribution < -0.4 is 0 Å². The highest BCUT2D eigenvalue weighted by molar-refractivity contribution is 6.03. The molecule has 2 heterocycles. The van der Waals surface area contributed by atoms with E-state index >= 15 is 0 Å². The summed E-state index contributed by atoms with van der Waals surface area (Å²) >= 11 is 0. The molecule has 170 valence electrons. The van der Waals surface area contributed by atoms with Crippen LogP contribution in [0, 0.1) is 6.92 Å². The number of aromatic nitrogens is 2. The van der Waals surface area contributed by atoms with Gasteiger partial charge in [-0.2, -0.15) is 0 Å². The SMILES string of the molecule is Cc1nc(-c2cccc(-c3cccc(-c4cccc5ccccc45)c3)c2)nc2c1oc1ccccc12. The average molecular weight is 463 g/mol. The second-order valence-electron chi connectivity index (χ2n) is 9.10. The Kier molecular flexibility index (Phi) is 4.68. The maximum atomic E-state index is 6.03. The predicted octanol–water partition coefficient (Wildman–Crippen LogP) is 8.84. The molecule has 0 saturated carbocycles. The molecular formula is C33H22N2O. The fraction of sp³-hybridized carbons (Fsp3) is 0.0303. The van der Waals surface area contributed by atoms with E-state index in [9.17, 15) is 0 Å². The average Bonchev–Trinajstić information content (AvgIpc) is 3.32. The van der Waals surface area contributed by atoms with E-state index in [0.717, 1.165) is 44.5 Å². The third-order valence-electron chi connectivity index (χ3n) is 6.81. The van der Waals surface area contributed by atoms with E-state index in [1.807, 2.05) is 31.2 Å². The number of benzene rings is 5. The number of hydrogen-bond donors (Lipinski definition) is 0. The molecule has 5 aromatic carbocycles. The predicted molar refractivity (Wildman–Crippen MR) is 148 cm³/mol. The van der Waals surface area contributed by atoms with Gasteiger partial charge in [0.2, 0.25) is 0 Å². The smallest absolute Gasteiger partial charge is 0.175 e. The van der Waals surface area contributed by atoms with Gasteiger partial charge >= 0.3 is 0 Å². The lowest BCUT2D eigenvalue weighted by Crippen LogP contribution is -1.93. The molecule has 7 aromatic rings. The summed E-state index contributed by atoms with van der Waals surface area (Å²) in [6.07, 6.45) is 0. The lowest BCUT2D eigenvalue weighted by atomic mass is 9.95. The van der Waals surface area contributed by atoms with Crippen LogP contribution in [0.2, 0.25) is 0 Å². The van der Waals surface area contributed by atoms with Gasteiger partial charge in [0.1, 0.15) is 11.1 Å². The highest BCUT2D eigenvalue weighted by Gasteiger charge is 2.14. The summed E-state index contributed by atoms with van der Waals surface area (Å²) in [5.41, 5.74) is 9.00. The summed E-state index contributed by atoms with van der Waals surface area (Å²) < 4.78 is 6.03. The van der Waals surface area contributed by atoms with Crippen molar-refractivity contribution in [1.29, 1.82) is 0 Å². The monoisotopic (exact) mass is 462 g/mol. The Balaban J connectivity index is 1.33. The summed E-state index contributed by atoms with van der Waals surface area (Å²) in [5.74, 6) is 0.707. The van der Waals surface area contributed by atoms with Crippen molar-refractivity contribution in [2.45, 2.75) is 6.92 Å². The maximum Gasteiger partial charge on any atom is 0.175 e. The molecule has 0 amide bonds. The Labute approximate surface area is 208 Å². The third-order valence-corrected chi connectivity index (χ3v) is 6.81. The fourth-order valence-corrected chi connectivity index (χ4v) is 5.04. The molecule has 7 rings (SSSR count). The number of nitrogens with zero attached hydrogens (tertiary/aromatic N) is 2. The number of aryl methyl sites for hydroxylation is 1. The van der Waals surface area contributed by atoms with Crippen molar-refractivity contribution in [3.05, 3.63) is 121 Å². The summed E-state index contributed by atoms with van der Waals surface area (Å²) in [5, 5.41) is 3.52. The number of fused-ring (bicyclic) bond motifs is 4. The zero-order valence-corrected chi connectivity index (χ0v) is 19.8. The molecule has 36 heavy (non-hydrogen) atoms. The summed E-state index contributed by atoms with van der Waals surface area (Å²) in [6.45, 7) is 1.98. The Morgan fingerprint density at radius 1 is 0.556 bits per heavy atom. The van der Waals surface area contributed by atoms with Crippen LogP contribution in [0.5, 0.6) is 0 Å². The molecule has 0 atom stereocenters. The van der Waals surface area contributed by atoms with E-state index in [1.54, 1.807) is 0 Å². The van der Waals surface area contributed by atoms with Gasteiger partial charge in [0, 0.05) is 10.9 Å². The first-order valence-corrected chi connectivity index (χ1v) is 12.1. The first-order valence-electron chi connectivity index (χ1n) is 12.1. The lowest BCUT2D eigenvalue weighted by molar-refractivity contribution is 0.661. The number of hydrogen-bond acceptors (Lipinski definition) is 3. The van der Waals surface area contributed by atoms with Crippen molar-refractivity contribution < 1.29 is 4.42 Å². The largest absolute Gasteiger partial charge is 0.452 e. The fourth-order valence-electron chi connectivity index (χ4n) is 5.04. The van der Waals surface area contributed by atoms with Gasteiger partial charge < -0.3 is 4.42 Å². The summed E-state index contributed by atoms with van der Waals surface area (Å²) in [7, 11) is 0. The van der Waals surface area contributed by atoms with Crippen LogP contribution in [0.3, 0.4) is 0 Å². The molecule has 0 radical (unpaired) electrons. The first kappa shape index (κ1) is 20.6. The van der Waals surface area contributed by atoms with Gasteiger partial charge in [-0.3, -0.25) is 0 Å². The molecule has 0 aliphatic carbocycles. The van der Waals surface area contributed by atoms with Gasteiger partial charge in [-0.05, 0) is 64.2 Å². The number of rotatable bonds is 3. The zero-order chi connectivity index (χ0) is 24.1. The first-order chi connectivity index (χ1) is 17.7. The van der Waals surface area contributed by atoms with Crippen molar-refractivity contribution in [2.24, 2.45) is 0 Å². The minimum absolute atomic E-state index is 0.707. The number of furan rings is 1. The molecule has 0 N–H and O–H groups in total. The van der Waals surface area contributed by atoms with Crippen LogP contribution in [0.1, 0.15) is 5.69 Å². The molecule has 0 aliphatic rings. The maximum absolute atomic E-state index is 6.03.